The number of rotatable bonds is 5. The summed E-state index contributed by atoms with van der Waals surface area (Å²) >= 11 is 0. The normalized spacial score (nSPS) is 10.6. The van der Waals surface area contributed by atoms with Crippen LogP contribution in [0.2, 0.25) is 0 Å². The average molecular weight is 277 g/mol. The third kappa shape index (κ3) is 3.64. The number of nitrogens with two attached hydrogens (primary N) is 1. The van der Waals surface area contributed by atoms with Crippen LogP contribution in [0.1, 0.15) is 18.3 Å². The molecule has 0 atom stereocenters. The topological polar surface area (TPSA) is 70.3 Å². The van der Waals surface area contributed by atoms with E-state index in [0.29, 0.717) is 23.7 Å². The van der Waals surface area contributed by atoms with Gasteiger partial charge in [-0.25, -0.2) is 9.37 Å². The van der Waals surface area contributed by atoms with E-state index in [-0.39, 0.29) is 24.1 Å². The molecule has 0 aliphatic rings. The summed E-state index contributed by atoms with van der Waals surface area (Å²) in [5.74, 6) is 0.981. The molecular weight excluding hydrogens is 261 g/mol. The summed E-state index contributed by atoms with van der Waals surface area (Å²) in [6.07, 6.45) is 0. The molecule has 0 fully saturated rings. The Bertz CT molecular complexity index is 605. The number of ether oxygens (including phenoxy) is 2. The van der Waals surface area contributed by atoms with Gasteiger partial charge in [0.25, 0.3) is 0 Å². The standard InChI is InChI=1S/C14H16FN3O2/c1-3-19-8-13-17-12(16)7-14(18-13)20-10-5-4-9(2)11(15)6-10/h4-7H,3,8H2,1-2H3,(H2,16,17,18). The lowest BCUT2D eigenvalue weighted by Crippen LogP contribution is -2.03. The van der Waals surface area contributed by atoms with Crippen molar-refractivity contribution in [1.82, 2.24) is 9.97 Å². The summed E-state index contributed by atoms with van der Waals surface area (Å²) in [6.45, 7) is 4.36. The number of hydrogen-bond acceptors (Lipinski definition) is 5. The van der Waals surface area contributed by atoms with E-state index in [4.69, 9.17) is 15.2 Å². The van der Waals surface area contributed by atoms with Crippen molar-refractivity contribution in [1.29, 1.82) is 0 Å². The van der Waals surface area contributed by atoms with E-state index in [1.807, 2.05) is 6.92 Å². The summed E-state index contributed by atoms with van der Waals surface area (Å²) in [4.78, 5) is 8.19. The van der Waals surface area contributed by atoms with E-state index in [9.17, 15) is 4.39 Å². The Balaban J connectivity index is 2.19. The van der Waals surface area contributed by atoms with E-state index >= 15 is 0 Å². The molecule has 6 heteroatoms. The van der Waals surface area contributed by atoms with Crippen LogP contribution >= 0.6 is 0 Å². The minimum atomic E-state index is -0.334. The maximum Gasteiger partial charge on any atom is 0.224 e. The summed E-state index contributed by atoms with van der Waals surface area (Å²) in [5, 5.41) is 0. The van der Waals surface area contributed by atoms with Gasteiger partial charge in [-0.3, -0.25) is 0 Å². The lowest BCUT2D eigenvalue weighted by Gasteiger charge is -2.08. The van der Waals surface area contributed by atoms with Crippen LogP contribution in [0, 0.1) is 12.7 Å². The molecule has 1 aromatic heterocycles. The van der Waals surface area contributed by atoms with Crippen LogP contribution in [0.25, 0.3) is 0 Å². The van der Waals surface area contributed by atoms with E-state index < -0.39 is 0 Å². The Morgan fingerprint density at radius 2 is 2.05 bits per heavy atom. The Hall–Kier alpha value is -2.21. The largest absolute Gasteiger partial charge is 0.439 e. The summed E-state index contributed by atoms with van der Waals surface area (Å²) in [7, 11) is 0. The number of benzene rings is 1. The SMILES string of the molecule is CCOCc1nc(N)cc(Oc2ccc(C)c(F)c2)n1. The number of aromatic nitrogens is 2. The van der Waals surface area contributed by atoms with Crippen molar-refractivity contribution in [3.05, 3.63) is 41.5 Å². The monoisotopic (exact) mass is 277 g/mol. The highest BCUT2D eigenvalue weighted by Crippen LogP contribution is 2.23. The van der Waals surface area contributed by atoms with Crippen LogP contribution in [-0.2, 0) is 11.3 Å². The predicted octanol–water partition coefficient (Wildman–Crippen LogP) is 2.84. The van der Waals surface area contributed by atoms with E-state index in [1.54, 1.807) is 19.1 Å². The second kappa shape index (κ2) is 6.29. The lowest BCUT2D eigenvalue weighted by atomic mass is 10.2. The van der Waals surface area contributed by atoms with Crippen molar-refractivity contribution >= 4 is 5.82 Å². The molecule has 0 aliphatic heterocycles. The third-order valence-corrected chi connectivity index (χ3v) is 2.57. The van der Waals surface area contributed by atoms with Gasteiger partial charge in [0.05, 0.1) is 0 Å². The smallest absolute Gasteiger partial charge is 0.224 e. The molecule has 2 rings (SSSR count). The molecule has 0 bridgehead atoms. The number of aryl methyl sites for hydroxylation is 1. The van der Waals surface area contributed by atoms with Gasteiger partial charge < -0.3 is 15.2 Å². The third-order valence-electron chi connectivity index (χ3n) is 2.57. The zero-order valence-corrected chi connectivity index (χ0v) is 11.4. The first kappa shape index (κ1) is 14.2. The first-order chi connectivity index (χ1) is 9.58. The summed E-state index contributed by atoms with van der Waals surface area (Å²) in [5.41, 5.74) is 6.23. The fourth-order valence-electron chi connectivity index (χ4n) is 1.56. The van der Waals surface area contributed by atoms with Crippen molar-refractivity contribution in [2.75, 3.05) is 12.3 Å². The van der Waals surface area contributed by atoms with E-state index in [1.165, 1.54) is 12.1 Å². The van der Waals surface area contributed by atoms with Gasteiger partial charge >= 0.3 is 0 Å². The first-order valence-electron chi connectivity index (χ1n) is 6.23. The van der Waals surface area contributed by atoms with Gasteiger partial charge in [-0.1, -0.05) is 6.07 Å². The van der Waals surface area contributed by atoms with Gasteiger partial charge in [-0.05, 0) is 25.5 Å². The van der Waals surface area contributed by atoms with Crippen LogP contribution in [-0.4, -0.2) is 16.6 Å². The van der Waals surface area contributed by atoms with Gasteiger partial charge in [0.15, 0.2) is 5.82 Å². The summed E-state index contributed by atoms with van der Waals surface area (Å²) < 4.78 is 24.2. The first-order valence-corrected chi connectivity index (χ1v) is 6.23. The molecule has 5 nitrogen and oxygen atoms in total. The van der Waals surface area contributed by atoms with E-state index in [0.717, 1.165) is 0 Å². The van der Waals surface area contributed by atoms with Crippen LogP contribution < -0.4 is 10.5 Å². The molecule has 0 unspecified atom stereocenters. The molecule has 0 spiro atoms. The van der Waals surface area contributed by atoms with Gasteiger partial charge in [0.1, 0.15) is 24.0 Å². The van der Waals surface area contributed by atoms with Crippen LogP contribution in [0.3, 0.4) is 0 Å². The van der Waals surface area contributed by atoms with Crippen LogP contribution in [0.4, 0.5) is 10.2 Å². The molecule has 0 radical (unpaired) electrons. The minimum absolute atomic E-state index is 0.250. The second-order valence-corrected chi connectivity index (χ2v) is 4.20. The van der Waals surface area contributed by atoms with Gasteiger partial charge in [-0.15, -0.1) is 0 Å². The lowest BCUT2D eigenvalue weighted by molar-refractivity contribution is 0.128. The van der Waals surface area contributed by atoms with Gasteiger partial charge in [0, 0.05) is 18.7 Å². The zero-order chi connectivity index (χ0) is 14.5. The van der Waals surface area contributed by atoms with Crippen molar-refractivity contribution < 1.29 is 13.9 Å². The predicted molar refractivity (Wildman–Crippen MR) is 73.0 cm³/mol. The minimum Gasteiger partial charge on any atom is -0.439 e. The number of halogens is 1. The van der Waals surface area contributed by atoms with Crippen LogP contribution in [0.5, 0.6) is 11.6 Å². The highest BCUT2D eigenvalue weighted by Gasteiger charge is 2.07. The highest BCUT2D eigenvalue weighted by molar-refractivity contribution is 5.36. The maximum absolute atomic E-state index is 13.4. The fraction of sp³-hybridized carbons (Fsp3) is 0.286. The summed E-state index contributed by atoms with van der Waals surface area (Å²) in [6, 6.07) is 6.08. The zero-order valence-electron chi connectivity index (χ0n) is 11.4. The quantitative estimate of drug-likeness (QED) is 0.910. The van der Waals surface area contributed by atoms with Crippen LogP contribution in [0.15, 0.2) is 24.3 Å². The molecule has 2 N–H and O–H groups in total. The maximum atomic E-state index is 13.4. The molecule has 0 amide bonds. The Kier molecular flexibility index (Phi) is 4.47. The second-order valence-electron chi connectivity index (χ2n) is 4.20. The molecule has 2 aromatic rings. The highest BCUT2D eigenvalue weighted by atomic mass is 19.1. The molecule has 106 valence electrons. The molecule has 0 saturated heterocycles. The van der Waals surface area contributed by atoms with Crippen molar-refractivity contribution in [3.63, 3.8) is 0 Å². The fourth-order valence-corrected chi connectivity index (χ4v) is 1.56. The Labute approximate surface area is 116 Å². The molecule has 20 heavy (non-hydrogen) atoms. The molecular formula is C14H16FN3O2. The van der Waals surface area contributed by atoms with Crippen molar-refractivity contribution in [2.45, 2.75) is 20.5 Å². The van der Waals surface area contributed by atoms with Crippen molar-refractivity contribution in [2.24, 2.45) is 0 Å². The number of nitrogens with zero attached hydrogens (tertiary/aromatic N) is 2. The molecule has 1 heterocycles. The Morgan fingerprint density at radius 1 is 1.25 bits per heavy atom. The molecule has 0 aliphatic carbocycles. The van der Waals surface area contributed by atoms with Gasteiger partial charge in [-0.2, -0.15) is 4.98 Å². The number of nitrogen functional groups attached to an aromatic ring is 1. The number of hydrogen-bond donors (Lipinski definition) is 1. The molecule has 1 aromatic carbocycles. The Morgan fingerprint density at radius 3 is 2.75 bits per heavy atom. The molecule has 0 saturated carbocycles. The average Bonchev–Trinajstić information content (AvgIpc) is 2.40. The van der Waals surface area contributed by atoms with Crippen molar-refractivity contribution in [3.8, 4) is 11.6 Å². The van der Waals surface area contributed by atoms with Gasteiger partial charge in [0.2, 0.25) is 5.88 Å². The van der Waals surface area contributed by atoms with E-state index in [2.05, 4.69) is 9.97 Å². The number of anilines is 1.